The molecule has 0 atom stereocenters. The highest BCUT2D eigenvalue weighted by Gasteiger charge is 2.39. The highest BCUT2D eigenvalue weighted by Crippen LogP contribution is 2.37. The van der Waals surface area contributed by atoms with E-state index in [1.165, 1.54) is 24.3 Å². The predicted octanol–water partition coefficient (Wildman–Crippen LogP) is 3.36. The van der Waals surface area contributed by atoms with Gasteiger partial charge in [-0.2, -0.15) is 0 Å². The van der Waals surface area contributed by atoms with Crippen LogP contribution in [0.2, 0.25) is 5.02 Å². The summed E-state index contributed by atoms with van der Waals surface area (Å²) in [5, 5.41) is 11.5. The van der Waals surface area contributed by atoms with Crippen molar-refractivity contribution in [1.29, 1.82) is 0 Å². The fraction of sp³-hybridized carbons (Fsp3) is 0.0667. The number of aryl methyl sites for hydroxylation is 1. The van der Waals surface area contributed by atoms with E-state index in [0.717, 1.165) is 4.90 Å². The molecular formula is C15H9ClN2O4. The third-order valence-electron chi connectivity index (χ3n) is 3.49. The predicted molar refractivity (Wildman–Crippen MR) is 80.4 cm³/mol. The van der Waals surface area contributed by atoms with Gasteiger partial charge in [-0.3, -0.25) is 19.7 Å². The monoisotopic (exact) mass is 316 g/mol. The van der Waals surface area contributed by atoms with Gasteiger partial charge in [-0.25, -0.2) is 4.90 Å². The first-order valence-corrected chi connectivity index (χ1v) is 6.72. The Morgan fingerprint density at radius 2 is 1.64 bits per heavy atom. The first-order chi connectivity index (χ1) is 10.4. The van der Waals surface area contributed by atoms with Crippen molar-refractivity contribution in [1.82, 2.24) is 0 Å². The van der Waals surface area contributed by atoms with Crippen molar-refractivity contribution in [2.24, 2.45) is 0 Å². The molecule has 2 aromatic rings. The normalized spacial score (nSPS) is 13.5. The lowest BCUT2D eigenvalue weighted by Crippen LogP contribution is -2.30. The van der Waals surface area contributed by atoms with Gasteiger partial charge in [-0.05, 0) is 30.7 Å². The van der Waals surface area contributed by atoms with Gasteiger partial charge in [0.2, 0.25) is 0 Å². The molecule has 2 aromatic carbocycles. The largest absolute Gasteiger partial charge is 0.293 e. The smallest absolute Gasteiger partial charge is 0.268 e. The number of nitro groups is 1. The van der Waals surface area contributed by atoms with Crippen molar-refractivity contribution in [2.45, 2.75) is 6.92 Å². The van der Waals surface area contributed by atoms with Crippen LogP contribution in [-0.4, -0.2) is 16.7 Å². The van der Waals surface area contributed by atoms with Crippen LogP contribution >= 0.6 is 11.6 Å². The standard InChI is InChI=1S/C15H9ClN2O4/c1-8-6-13(18(21)22)12(7-11(8)16)17-14(19)9-4-2-3-5-10(9)15(17)20/h2-7H,1H3. The number of hydrogen-bond acceptors (Lipinski definition) is 4. The Balaban J connectivity index is 2.22. The second kappa shape index (κ2) is 4.92. The van der Waals surface area contributed by atoms with Gasteiger partial charge in [0.15, 0.2) is 0 Å². The summed E-state index contributed by atoms with van der Waals surface area (Å²) in [5.74, 6) is -1.19. The number of benzene rings is 2. The average Bonchev–Trinajstić information content (AvgIpc) is 2.74. The van der Waals surface area contributed by atoms with E-state index in [2.05, 4.69) is 0 Å². The summed E-state index contributed by atoms with van der Waals surface area (Å²) in [5.41, 5.74) is 0.480. The minimum Gasteiger partial charge on any atom is -0.268 e. The zero-order valence-corrected chi connectivity index (χ0v) is 12.1. The number of amides is 2. The van der Waals surface area contributed by atoms with Crippen LogP contribution in [0.25, 0.3) is 0 Å². The Kier molecular flexibility index (Phi) is 3.18. The van der Waals surface area contributed by atoms with Gasteiger partial charge in [0.05, 0.1) is 16.1 Å². The summed E-state index contributed by atoms with van der Waals surface area (Å²) < 4.78 is 0. The highest BCUT2D eigenvalue weighted by molar-refractivity contribution is 6.36. The highest BCUT2D eigenvalue weighted by atomic mass is 35.5. The molecule has 0 aliphatic carbocycles. The van der Waals surface area contributed by atoms with E-state index in [9.17, 15) is 19.7 Å². The Morgan fingerprint density at radius 3 is 2.14 bits per heavy atom. The molecular weight excluding hydrogens is 308 g/mol. The van der Waals surface area contributed by atoms with E-state index in [1.807, 2.05) is 0 Å². The molecule has 0 spiro atoms. The molecule has 1 aliphatic rings. The second-order valence-electron chi connectivity index (χ2n) is 4.84. The van der Waals surface area contributed by atoms with Crippen molar-refractivity contribution in [3.8, 4) is 0 Å². The summed E-state index contributed by atoms with van der Waals surface area (Å²) in [7, 11) is 0. The van der Waals surface area contributed by atoms with Gasteiger partial charge < -0.3 is 0 Å². The third-order valence-corrected chi connectivity index (χ3v) is 3.89. The molecule has 0 saturated heterocycles. The third kappa shape index (κ3) is 1.96. The molecule has 0 bridgehead atoms. The number of nitrogens with zero attached hydrogens (tertiary/aromatic N) is 2. The van der Waals surface area contributed by atoms with Crippen LogP contribution in [0.15, 0.2) is 36.4 Å². The number of anilines is 1. The molecule has 110 valence electrons. The van der Waals surface area contributed by atoms with E-state index in [4.69, 9.17) is 11.6 Å². The van der Waals surface area contributed by atoms with Crippen LogP contribution in [0.1, 0.15) is 26.3 Å². The van der Waals surface area contributed by atoms with Gasteiger partial charge >= 0.3 is 0 Å². The number of carbonyl (C=O) groups excluding carboxylic acids is 2. The van der Waals surface area contributed by atoms with Gasteiger partial charge in [0, 0.05) is 11.1 Å². The molecule has 6 nitrogen and oxygen atoms in total. The van der Waals surface area contributed by atoms with E-state index >= 15 is 0 Å². The van der Waals surface area contributed by atoms with Crippen LogP contribution in [0.5, 0.6) is 0 Å². The Morgan fingerprint density at radius 1 is 1.09 bits per heavy atom. The maximum absolute atomic E-state index is 12.4. The van der Waals surface area contributed by atoms with Crippen molar-refractivity contribution < 1.29 is 14.5 Å². The van der Waals surface area contributed by atoms with Gasteiger partial charge in [0.25, 0.3) is 17.5 Å². The second-order valence-corrected chi connectivity index (χ2v) is 5.25. The molecule has 7 heteroatoms. The molecule has 0 radical (unpaired) electrons. The Labute approximate surface area is 130 Å². The molecule has 1 heterocycles. The molecule has 0 N–H and O–H groups in total. The summed E-state index contributed by atoms with van der Waals surface area (Å²) in [6.45, 7) is 1.61. The van der Waals surface area contributed by atoms with Gasteiger partial charge in [-0.1, -0.05) is 23.7 Å². The number of fused-ring (bicyclic) bond motifs is 1. The number of rotatable bonds is 2. The van der Waals surface area contributed by atoms with Crippen molar-refractivity contribution in [2.75, 3.05) is 4.90 Å². The molecule has 3 rings (SSSR count). The van der Waals surface area contributed by atoms with Crippen LogP contribution in [0.3, 0.4) is 0 Å². The topological polar surface area (TPSA) is 80.5 Å². The average molecular weight is 317 g/mol. The summed E-state index contributed by atoms with van der Waals surface area (Å²) in [6.07, 6.45) is 0. The molecule has 1 aliphatic heterocycles. The first kappa shape index (κ1) is 14.2. The lowest BCUT2D eigenvalue weighted by molar-refractivity contribution is -0.384. The van der Waals surface area contributed by atoms with Crippen LogP contribution in [0, 0.1) is 17.0 Å². The number of imide groups is 1. The summed E-state index contributed by atoms with van der Waals surface area (Å²) in [4.78, 5) is 36.2. The maximum Gasteiger partial charge on any atom is 0.293 e. The van der Waals surface area contributed by atoms with Crippen molar-refractivity contribution in [3.05, 3.63) is 68.2 Å². The molecule has 0 fully saturated rings. The number of carbonyl (C=O) groups is 2. The lowest BCUT2D eigenvalue weighted by atomic mass is 10.1. The number of hydrogen-bond donors (Lipinski definition) is 0. The number of halogens is 1. The summed E-state index contributed by atoms with van der Waals surface area (Å²) in [6, 6.07) is 8.81. The quantitative estimate of drug-likeness (QED) is 0.483. The van der Waals surface area contributed by atoms with Gasteiger partial charge in [-0.15, -0.1) is 0 Å². The van der Waals surface area contributed by atoms with Crippen LogP contribution in [0.4, 0.5) is 11.4 Å². The lowest BCUT2D eigenvalue weighted by Gasteiger charge is -2.15. The Bertz CT molecular complexity index is 812. The minimum atomic E-state index is -0.637. The molecule has 22 heavy (non-hydrogen) atoms. The van der Waals surface area contributed by atoms with Crippen LogP contribution < -0.4 is 4.90 Å². The fourth-order valence-electron chi connectivity index (χ4n) is 2.39. The fourth-order valence-corrected chi connectivity index (χ4v) is 2.55. The number of nitro benzene ring substituents is 1. The van der Waals surface area contributed by atoms with Crippen LogP contribution in [-0.2, 0) is 0 Å². The maximum atomic E-state index is 12.4. The molecule has 2 amide bonds. The van der Waals surface area contributed by atoms with Crippen molar-refractivity contribution in [3.63, 3.8) is 0 Å². The minimum absolute atomic E-state index is 0.119. The van der Waals surface area contributed by atoms with E-state index in [-0.39, 0.29) is 27.5 Å². The zero-order chi connectivity index (χ0) is 16.0. The van der Waals surface area contributed by atoms with E-state index in [1.54, 1.807) is 19.1 Å². The van der Waals surface area contributed by atoms with Crippen molar-refractivity contribution >= 4 is 34.8 Å². The molecule has 0 unspecified atom stereocenters. The zero-order valence-electron chi connectivity index (χ0n) is 11.4. The molecule has 0 saturated carbocycles. The van der Waals surface area contributed by atoms with Gasteiger partial charge in [0.1, 0.15) is 5.69 Å². The van der Waals surface area contributed by atoms with E-state index < -0.39 is 16.7 Å². The Hall–Kier alpha value is -2.73. The summed E-state index contributed by atoms with van der Waals surface area (Å²) >= 11 is 6.00. The SMILES string of the molecule is Cc1cc([N+](=O)[O-])c(N2C(=O)c3ccccc3C2=O)cc1Cl. The first-order valence-electron chi connectivity index (χ1n) is 6.34. The van der Waals surface area contributed by atoms with E-state index in [0.29, 0.717) is 5.56 Å². The molecule has 0 aromatic heterocycles.